The van der Waals surface area contributed by atoms with E-state index in [9.17, 15) is 0 Å². The Labute approximate surface area is 43.5 Å². The maximum absolute atomic E-state index is 1.70. The minimum absolute atomic E-state index is 1.41. The van der Waals surface area contributed by atoms with Gasteiger partial charge in [-0.2, -0.15) is 0 Å². The summed E-state index contributed by atoms with van der Waals surface area (Å²) in [7, 11) is 1.41. The third-order valence-electron chi connectivity index (χ3n) is 0.250. The van der Waals surface area contributed by atoms with Crippen molar-refractivity contribution in [3.05, 3.63) is 0 Å². The van der Waals surface area contributed by atoms with Gasteiger partial charge in [0.25, 0.3) is 0 Å². The summed E-state index contributed by atoms with van der Waals surface area (Å²) in [5.41, 5.74) is 0. The van der Waals surface area contributed by atoms with Crippen molar-refractivity contribution in [2.75, 3.05) is 0 Å². The van der Waals surface area contributed by atoms with E-state index in [1.807, 2.05) is 0 Å². The number of hydrogen-bond acceptors (Lipinski definition) is 0. The molecule has 0 aromatic heterocycles. The molecule has 0 unspecified atom stereocenters. The first-order chi connectivity index (χ1) is 1.91. The van der Waals surface area contributed by atoms with Crippen LogP contribution in [0.4, 0.5) is 0 Å². The molecule has 0 N–H and O–H groups in total. The van der Waals surface area contributed by atoms with Crippen LogP contribution in [0.3, 0.4) is 0 Å². The van der Waals surface area contributed by atoms with E-state index in [0.29, 0.717) is 0 Å². The second-order valence-electron chi connectivity index (χ2n) is 0.750. The summed E-state index contributed by atoms with van der Waals surface area (Å²) < 4.78 is 1.47. The average molecular weight is 178 g/mol. The second kappa shape index (κ2) is 4.02. The van der Waals surface area contributed by atoms with Crippen molar-refractivity contribution in [2.24, 2.45) is 0 Å². The first-order valence-corrected chi connectivity index (χ1v) is 4.99. The molecule has 0 aliphatic rings. The molecule has 0 spiro atoms. The fraction of sp³-hybridized carbons (Fsp3) is 1.00. The van der Waals surface area contributed by atoms with Crippen LogP contribution in [0.25, 0.3) is 0 Å². The van der Waals surface area contributed by atoms with E-state index in [2.05, 4.69) is 0 Å². The van der Waals surface area contributed by atoms with Gasteiger partial charge in [0.15, 0.2) is 0 Å². The molecular formula is C2H7SiSn+3. The predicted octanol–water partition coefficient (Wildman–Crippen LogP) is -0.643. The van der Waals surface area contributed by atoms with E-state index in [1.54, 1.807) is 22.5 Å². The van der Waals surface area contributed by atoms with E-state index in [4.69, 9.17) is 0 Å². The molecule has 0 atom stereocenters. The van der Waals surface area contributed by atoms with Crippen LogP contribution in [0.1, 0.15) is 0 Å². The van der Waals surface area contributed by atoms with Crippen molar-refractivity contribution in [2.45, 2.75) is 10.5 Å². The zero-order valence-electron chi connectivity index (χ0n) is 2.91. The molecule has 0 heterocycles. The quantitative estimate of drug-likeness (QED) is 0.468. The third kappa shape index (κ3) is 3.02. The molecule has 4 heavy (non-hydrogen) atoms. The molecule has 0 radical (unpaired) electrons. The first kappa shape index (κ1) is 5.02. The molecular weight excluding hydrogens is 171 g/mol. The van der Waals surface area contributed by atoms with Crippen LogP contribution < -0.4 is 0 Å². The van der Waals surface area contributed by atoms with Gasteiger partial charge in [-0.1, -0.05) is 0 Å². The van der Waals surface area contributed by atoms with Gasteiger partial charge >= 0.3 is 43.2 Å². The van der Waals surface area contributed by atoms with Crippen LogP contribution in [-0.2, 0) is 0 Å². The average Bonchev–Trinajstić information content (AvgIpc) is 1.37. The Kier molecular flexibility index (Phi) is 5.04. The Bertz CT molecular complexity index is 8.00. The third-order valence-corrected chi connectivity index (χ3v) is 5.03. The predicted molar refractivity (Wildman–Crippen MR) is 25.3 cm³/mol. The van der Waals surface area contributed by atoms with Gasteiger partial charge in [0.1, 0.15) is 0 Å². The second-order valence-corrected chi connectivity index (χ2v) is 3.18. The Morgan fingerprint density at radius 2 is 2.00 bits per heavy atom. The normalized spacial score (nSPS) is 8.50. The molecule has 0 rings (SSSR count). The van der Waals surface area contributed by atoms with Crippen molar-refractivity contribution < 1.29 is 0 Å². The molecule has 2 heteroatoms. The Balaban J connectivity index is 1.97. The van der Waals surface area contributed by atoms with Crippen LogP contribution in [0.5, 0.6) is 0 Å². The molecule has 0 bridgehead atoms. The SMILES string of the molecule is [SiH3]C[CH2][Sn+3]. The van der Waals surface area contributed by atoms with Gasteiger partial charge in [0.2, 0.25) is 0 Å². The van der Waals surface area contributed by atoms with Crippen molar-refractivity contribution in [3.8, 4) is 0 Å². The summed E-state index contributed by atoms with van der Waals surface area (Å²) in [6, 6.07) is 1.50. The van der Waals surface area contributed by atoms with Gasteiger partial charge in [-0.3, -0.25) is 0 Å². The van der Waals surface area contributed by atoms with Gasteiger partial charge < -0.3 is 0 Å². The van der Waals surface area contributed by atoms with Gasteiger partial charge in [0, 0.05) is 0 Å². The van der Waals surface area contributed by atoms with Gasteiger partial charge in [-0.25, -0.2) is 0 Å². The monoisotopic (exact) mass is 179 g/mol. The Morgan fingerprint density at radius 1 is 1.75 bits per heavy atom. The van der Waals surface area contributed by atoms with Gasteiger partial charge in [-0.05, 0) is 0 Å². The summed E-state index contributed by atoms with van der Waals surface area (Å²) in [5.74, 6) is 0. The van der Waals surface area contributed by atoms with E-state index in [0.717, 1.165) is 0 Å². The molecule has 0 amide bonds. The van der Waals surface area contributed by atoms with E-state index >= 15 is 0 Å². The van der Waals surface area contributed by atoms with Crippen molar-refractivity contribution >= 4 is 32.8 Å². The fourth-order valence-corrected chi connectivity index (χ4v) is 0. The molecule has 0 aromatic rings. The summed E-state index contributed by atoms with van der Waals surface area (Å²) >= 11 is 1.70. The number of hydrogen-bond donors (Lipinski definition) is 0. The molecule has 0 saturated carbocycles. The maximum atomic E-state index is 1.70. The van der Waals surface area contributed by atoms with Crippen molar-refractivity contribution in [3.63, 3.8) is 0 Å². The van der Waals surface area contributed by atoms with Crippen molar-refractivity contribution in [1.82, 2.24) is 0 Å². The van der Waals surface area contributed by atoms with Gasteiger partial charge in [-0.15, -0.1) is 0 Å². The number of rotatable bonds is 1. The molecule has 0 aromatic carbocycles. The fourth-order valence-electron chi connectivity index (χ4n) is 0. The molecule has 0 fully saturated rings. The first-order valence-electron chi connectivity index (χ1n) is 1.56. The summed E-state index contributed by atoms with van der Waals surface area (Å²) in [4.78, 5) is 0. The van der Waals surface area contributed by atoms with Crippen LogP contribution in [0.2, 0.25) is 10.5 Å². The summed E-state index contributed by atoms with van der Waals surface area (Å²) in [6.07, 6.45) is 0. The molecule has 20 valence electrons. The topological polar surface area (TPSA) is 0 Å². The van der Waals surface area contributed by atoms with Crippen LogP contribution in [-0.4, -0.2) is 32.8 Å². The van der Waals surface area contributed by atoms with Crippen LogP contribution in [0, 0.1) is 0 Å². The summed E-state index contributed by atoms with van der Waals surface area (Å²) in [6.45, 7) is 0. The Hall–Kier alpha value is 1.02. The minimum atomic E-state index is 1.41. The standard InChI is InChI=1S/C2H7Si.Sn/c1-2-3;/h1-2H2,3H3;/q;+3. The van der Waals surface area contributed by atoms with Crippen LogP contribution in [0.15, 0.2) is 0 Å². The van der Waals surface area contributed by atoms with E-state index < -0.39 is 0 Å². The zero-order chi connectivity index (χ0) is 3.41. The zero-order valence-corrected chi connectivity index (χ0v) is 7.77. The van der Waals surface area contributed by atoms with E-state index in [-0.39, 0.29) is 0 Å². The van der Waals surface area contributed by atoms with E-state index in [1.165, 1.54) is 20.7 Å². The van der Waals surface area contributed by atoms with Crippen molar-refractivity contribution in [1.29, 1.82) is 0 Å². The Morgan fingerprint density at radius 3 is 2.00 bits per heavy atom. The van der Waals surface area contributed by atoms with Crippen LogP contribution >= 0.6 is 0 Å². The molecule has 0 nitrogen and oxygen atoms in total. The van der Waals surface area contributed by atoms with Gasteiger partial charge in [0.05, 0.1) is 0 Å². The molecule has 0 aliphatic carbocycles. The molecule has 0 saturated heterocycles. The molecule has 0 aliphatic heterocycles. The summed E-state index contributed by atoms with van der Waals surface area (Å²) in [5, 5.41) is 0.